The number of carbonyl (C=O) groups is 1. The fourth-order valence-corrected chi connectivity index (χ4v) is 5.34. The molecular formula is C25H30N8O. The maximum atomic E-state index is 13.0. The first-order valence-corrected chi connectivity index (χ1v) is 12.1. The highest BCUT2D eigenvalue weighted by Crippen LogP contribution is 2.30. The van der Waals surface area contributed by atoms with Crippen LogP contribution >= 0.6 is 0 Å². The van der Waals surface area contributed by atoms with Gasteiger partial charge in [-0.05, 0) is 63.9 Å². The summed E-state index contributed by atoms with van der Waals surface area (Å²) in [7, 11) is 4.07. The summed E-state index contributed by atoms with van der Waals surface area (Å²) in [5.74, 6) is 1.32. The number of hydrogen-bond acceptors (Lipinski definition) is 6. The first kappa shape index (κ1) is 21.1. The van der Waals surface area contributed by atoms with E-state index >= 15 is 0 Å². The molecule has 2 fully saturated rings. The number of likely N-dealkylation sites (tertiary alicyclic amines) is 1. The maximum absolute atomic E-state index is 13.0. The Kier molecular flexibility index (Phi) is 5.21. The number of imidazole rings is 1. The number of nitrogens with one attached hydrogen (secondary N) is 1. The molecule has 3 aromatic heterocycles. The Morgan fingerprint density at radius 3 is 2.71 bits per heavy atom. The van der Waals surface area contributed by atoms with E-state index in [-0.39, 0.29) is 5.91 Å². The van der Waals surface area contributed by atoms with Gasteiger partial charge in [-0.3, -0.25) is 14.4 Å². The number of amides is 1. The van der Waals surface area contributed by atoms with Crippen molar-refractivity contribution in [1.82, 2.24) is 29.0 Å². The summed E-state index contributed by atoms with van der Waals surface area (Å²) in [6.45, 7) is 3.17. The van der Waals surface area contributed by atoms with Gasteiger partial charge in [0.25, 0.3) is 5.91 Å². The van der Waals surface area contributed by atoms with Gasteiger partial charge >= 0.3 is 0 Å². The van der Waals surface area contributed by atoms with Crippen molar-refractivity contribution in [2.24, 2.45) is 7.05 Å². The van der Waals surface area contributed by atoms with Crippen molar-refractivity contribution in [2.45, 2.75) is 38.1 Å². The zero-order chi connectivity index (χ0) is 23.2. The minimum Gasteiger partial charge on any atom is -0.355 e. The van der Waals surface area contributed by atoms with E-state index in [0.29, 0.717) is 17.4 Å². The van der Waals surface area contributed by atoms with Crippen molar-refractivity contribution in [3.8, 4) is 0 Å². The number of benzene rings is 1. The highest BCUT2D eigenvalue weighted by Gasteiger charge is 2.25. The normalized spacial score (nSPS) is 19.4. The summed E-state index contributed by atoms with van der Waals surface area (Å²) in [5.41, 5.74) is 3.38. The number of nitrogens with zero attached hydrogens (tertiary/aromatic N) is 7. The number of fused-ring (bicyclic) bond motifs is 2. The number of anilines is 2. The Hall–Kier alpha value is -3.46. The van der Waals surface area contributed by atoms with Gasteiger partial charge in [0.05, 0.1) is 29.6 Å². The zero-order valence-corrected chi connectivity index (χ0v) is 19.7. The molecule has 1 aromatic carbocycles. The van der Waals surface area contributed by atoms with Gasteiger partial charge < -0.3 is 14.6 Å². The molecule has 1 atom stereocenters. The summed E-state index contributed by atoms with van der Waals surface area (Å²) in [6.07, 6.45) is 11.6. The molecule has 9 nitrogen and oxygen atoms in total. The van der Waals surface area contributed by atoms with Crippen molar-refractivity contribution in [2.75, 3.05) is 36.9 Å². The Labute approximate surface area is 198 Å². The van der Waals surface area contributed by atoms with Crippen LogP contribution in [-0.4, -0.2) is 61.6 Å². The highest BCUT2D eigenvalue weighted by atomic mass is 16.1. The van der Waals surface area contributed by atoms with Gasteiger partial charge in [-0.2, -0.15) is 5.10 Å². The molecule has 6 rings (SSSR count). The number of aromatic nitrogens is 5. The van der Waals surface area contributed by atoms with Crippen molar-refractivity contribution in [1.29, 1.82) is 0 Å². The molecular weight excluding hydrogens is 428 g/mol. The lowest BCUT2D eigenvalue weighted by Crippen LogP contribution is -2.29. The first-order chi connectivity index (χ1) is 16.6. The monoisotopic (exact) mass is 458 g/mol. The van der Waals surface area contributed by atoms with Crippen LogP contribution in [-0.2, 0) is 7.05 Å². The molecule has 5 heterocycles. The smallest absolute Gasteiger partial charge is 0.256 e. The van der Waals surface area contributed by atoms with E-state index in [2.05, 4.69) is 27.1 Å². The largest absolute Gasteiger partial charge is 0.355 e. The predicted octanol–water partition coefficient (Wildman–Crippen LogP) is 3.63. The predicted molar refractivity (Wildman–Crippen MR) is 132 cm³/mol. The maximum Gasteiger partial charge on any atom is 0.256 e. The summed E-state index contributed by atoms with van der Waals surface area (Å²) < 4.78 is 3.81. The lowest BCUT2D eigenvalue weighted by atomic mass is 10.1. The quantitative estimate of drug-likeness (QED) is 0.503. The number of piperidine rings is 1. The van der Waals surface area contributed by atoms with Gasteiger partial charge in [0.1, 0.15) is 5.82 Å². The second kappa shape index (κ2) is 8.39. The average Bonchev–Trinajstić information content (AvgIpc) is 3.56. The molecule has 34 heavy (non-hydrogen) atoms. The van der Waals surface area contributed by atoms with Crippen LogP contribution in [0.4, 0.5) is 11.6 Å². The Morgan fingerprint density at radius 2 is 1.91 bits per heavy atom. The molecule has 2 aliphatic rings. The third kappa shape index (κ3) is 3.69. The Morgan fingerprint density at radius 1 is 1.06 bits per heavy atom. The van der Waals surface area contributed by atoms with E-state index in [4.69, 9.17) is 10.1 Å². The van der Waals surface area contributed by atoms with Crippen LogP contribution in [0.3, 0.4) is 0 Å². The molecule has 1 amide bonds. The van der Waals surface area contributed by atoms with Gasteiger partial charge in [0, 0.05) is 37.3 Å². The van der Waals surface area contributed by atoms with Gasteiger partial charge in [-0.15, -0.1) is 0 Å². The molecule has 4 aromatic rings. The fourth-order valence-electron chi connectivity index (χ4n) is 5.34. The molecule has 0 spiro atoms. The van der Waals surface area contributed by atoms with Crippen LogP contribution < -0.4 is 10.2 Å². The number of hydrogen-bond donors (Lipinski definition) is 1. The molecule has 0 radical (unpaired) electrons. The number of carbonyl (C=O) groups excluding carboxylic acids is 1. The minimum atomic E-state index is -0.190. The Bertz CT molecular complexity index is 1370. The summed E-state index contributed by atoms with van der Waals surface area (Å²) >= 11 is 0. The van der Waals surface area contributed by atoms with E-state index in [0.717, 1.165) is 54.1 Å². The minimum absolute atomic E-state index is 0.190. The summed E-state index contributed by atoms with van der Waals surface area (Å²) in [5, 5.41) is 8.79. The number of aryl methyl sites for hydroxylation is 1. The molecule has 1 N–H and O–H groups in total. The van der Waals surface area contributed by atoms with Crippen LogP contribution in [0.2, 0.25) is 0 Å². The van der Waals surface area contributed by atoms with E-state index < -0.39 is 0 Å². The Balaban J connectivity index is 1.24. The van der Waals surface area contributed by atoms with E-state index in [9.17, 15) is 4.79 Å². The van der Waals surface area contributed by atoms with Crippen LogP contribution in [0.1, 0.15) is 54.2 Å². The van der Waals surface area contributed by atoms with Gasteiger partial charge in [0.2, 0.25) is 0 Å². The summed E-state index contributed by atoms with van der Waals surface area (Å²) in [4.78, 5) is 26.9. The lowest BCUT2D eigenvalue weighted by Gasteiger charge is -2.26. The fraction of sp³-hybridized carbons (Fsp3) is 0.440. The second-order valence-electron chi connectivity index (χ2n) is 9.52. The summed E-state index contributed by atoms with van der Waals surface area (Å²) in [6, 6.07) is 6.14. The second-order valence-corrected chi connectivity index (χ2v) is 9.52. The molecule has 0 bridgehead atoms. The molecule has 2 aliphatic heterocycles. The highest BCUT2D eigenvalue weighted by molar-refractivity contribution is 6.06. The SMILES string of the molecule is CN1CCC[C@@H]1c1cn2cc(NC(=O)c3ccc4c(N5CCCCC5)nn(C)c4c3)ncc2n1. The molecule has 0 saturated carbocycles. The zero-order valence-electron chi connectivity index (χ0n) is 19.7. The lowest BCUT2D eigenvalue weighted by molar-refractivity contribution is 0.102. The van der Waals surface area contributed by atoms with Crippen LogP contribution in [0.5, 0.6) is 0 Å². The van der Waals surface area contributed by atoms with Crippen molar-refractivity contribution in [3.63, 3.8) is 0 Å². The first-order valence-electron chi connectivity index (χ1n) is 12.1. The number of rotatable bonds is 4. The van der Waals surface area contributed by atoms with Gasteiger partial charge in [0.15, 0.2) is 11.5 Å². The van der Waals surface area contributed by atoms with Crippen molar-refractivity contribution < 1.29 is 4.79 Å². The molecule has 0 aliphatic carbocycles. The van der Waals surface area contributed by atoms with E-state index in [1.807, 2.05) is 46.7 Å². The van der Waals surface area contributed by atoms with E-state index in [1.54, 1.807) is 6.20 Å². The third-order valence-corrected chi connectivity index (χ3v) is 7.21. The van der Waals surface area contributed by atoms with Gasteiger partial charge in [-0.25, -0.2) is 9.97 Å². The van der Waals surface area contributed by atoms with Crippen LogP contribution in [0, 0.1) is 0 Å². The van der Waals surface area contributed by atoms with Gasteiger partial charge in [-0.1, -0.05) is 0 Å². The van der Waals surface area contributed by atoms with Crippen LogP contribution in [0.15, 0.2) is 36.8 Å². The van der Waals surface area contributed by atoms with E-state index in [1.165, 1.54) is 25.7 Å². The molecule has 2 saturated heterocycles. The average molecular weight is 459 g/mol. The van der Waals surface area contributed by atoms with Crippen molar-refractivity contribution >= 4 is 34.1 Å². The molecule has 176 valence electrons. The topological polar surface area (TPSA) is 83.6 Å². The molecule has 9 heteroatoms. The standard InChI is InChI=1S/C25H30N8O/c1-30-10-6-7-20(30)19-15-33-16-22(26-14-23(33)27-19)28-25(34)17-8-9-18-21(13-17)31(2)29-24(18)32-11-4-3-5-12-32/h8-9,13-16,20H,3-7,10-12H2,1-2H3,(H,28,34)/t20-/m1/s1. The third-order valence-electron chi connectivity index (χ3n) is 7.21. The van der Waals surface area contributed by atoms with Crippen molar-refractivity contribution in [3.05, 3.63) is 48.0 Å². The van der Waals surface area contributed by atoms with Crippen LogP contribution in [0.25, 0.3) is 16.6 Å². The molecule has 0 unspecified atom stereocenters.